The molecule has 0 amide bonds. The number of nitrogens with two attached hydrogens (primary N) is 1. The van der Waals surface area contributed by atoms with Crippen LogP contribution in [0, 0.1) is 21.8 Å². The average Bonchev–Trinajstić information content (AvgIpc) is 2.36. The summed E-state index contributed by atoms with van der Waals surface area (Å²) in [5, 5.41) is 16.1. The number of halogens is 1. The first-order valence-electron chi connectivity index (χ1n) is 6.45. The first kappa shape index (κ1) is 15.6. The van der Waals surface area contributed by atoms with Gasteiger partial charge in [0, 0.05) is 13.1 Å². The molecule has 2 rings (SSSR count). The molecular weight excluding hydrogens is 301 g/mol. The third kappa shape index (κ3) is 4.11. The van der Waals surface area contributed by atoms with E-state index in [-0.39, 0.29) is 17.4 Å². The predicted octanol–water partition coefficient (Wildman–Crippen LogP) is 1.24. The molecule has 116 valence electrons. The molecule has 1 fully saturated rings. The van der Waals surface area contributed by atoms with Crippen LogP contribution in [0.2, 0.25) is 0 Å². The fourth-order valence-electron chi connectivity index (χ4n) is 2.66. The number of nitrogens with zero attached hydrogens (tertiary/aromatic N) is 2. The first-order chi connectivity index (χ1) is 9.76. The molecular formula is C12H16FN3O4S. The molecule has 1 aliphatic rings. The minimum atomic E-state index is -3.58. The van der Waals surface area contributed by atoms with Crippen LogP contribution in [0.4, 0.5) is 15.8 Å². The molecule has 0 spiro atoms. The summed E-state index contributed by atoms with van der Waals surface area (Å²) in [4.78, 5) is 12.1. The Balaban J connectivity index is 2.24. The lowest BCUT2D eigenvalue weighted by molar-refractivity contribution is -0.384. The van der Waals surface area contributed by atoms with E-state index in [1.807, 2.05) is 0 Å². The molecule has 0 aromatic heterocycles. The summed E-state index contributed by atoms with van der Waals surface area (Å²) < 4.78 is 35.5. The standard InChI is InChI=1S/C12H16FN3O4S/c13-10-3-4-11(12(6-10)16(17)18)15-5-1-2-9(7-15)8-21(14,19)20/h3-4,6,9H,1-2,5,7-8H2,(H2,14,19,20)/t9-/m1/s1. The summed E-state index contributed by atoms with van der Waals surface area (Å²) in [5.74, 6) is -1.01. The monoisotopic (exact) mass is 317 g/mol. The van der Waals surface area contributed by atoms with Crippen molar-refractivity contribution >= 4 is 21.4 Å². The molecule has 7 nitrogen and oxygen atoms in total. The molecule has 1 atom stereocenters. The van der Waals surface area contributed by atoms with Crippen molar-refractivity contribution in [3.8, 4) is 0 Å². The zero-order valence-corrected chi connectivity index (χ0v) is 12.1. The van der Waals surface area contributed by atoms with Crippen molar-refractivity contribution in [2.24, 2.45) is 11.1 Å². The highest BCUT2D eigenvalue weighted by Crippen LogP contribution is 2.32. The lowest BCUT2D eigenvalue weighted by atomic mass is 9.99. The van der Waals surface area contributed by atoms with Crippen molar-refractivity contribution in [1.29, 1.82) is 0 Å². The number of hydrogen-bond donors (Lipinski definition) is 1. The quantitative estimate of drug-likeness (QED) is 0.664. The molecule has 9 heteroatoms. The highest BCUT2D eigenvalue weighted by molar-refractivity contribution is 7.89. The molecule has 21 heavy (non-hydrogen) atoms. The molecule has 0 bridgehead atoms. The highest BCUT2D eigenvalue weighted by Gasteiger charge is 2.27. The summed E-state index contributed by atoms with van der Waals surface area (Å²) in [6, 6.07) is 3.39. The Bertz CT molecular complexity index is 650. The molecule has 2 N–H and O–H groups in total. The van der Waals surface area contributed by atoms with Crippen LogP contribution < -0.4 is 10.0 Å². The maximum atomic E-state index is 13.2. The van der Waals surface area contributed by atoms with Gasteiger partial charge in [-0.3, -0.25) is 10.1 Å². The highest BCUT2D eigenvalue weighted by atomic mass is 32.2. The van der Waals surface area contributed by atoms with Gasteiger partial charge in [0.25, 0.3) is 5.69 Å². The number of nitro groups is 1. The first-order valence-corrected chi connectivity index (χ1v) is 8.17. The average molecular weight is 317 g/mol. The van der Waals surface area contributed by atoms with E-state index >= 15 is 0 Å². The molecule has 1 heterocycles. The minimum absolute atomic E-state index is 0.154. The molecule has 0 aliphatic carbocycles. The van der Waals surface area contributed by atoms with Crippen molar-refractivity contribution in [1.82, 2.24) is 0 Å². The lowest BCUT2D eigenvalue weighted by Gasteiger charge is -2.33. The number of primary sulfonamides is 1. The van der Waals surface area contributed by atoms with Crippen LogP contribution in [-0.4, -0.2) is 32.2 Å². The van der Waals surface area contributed by atoms with Crippen molar-refractivity contribution in [3.05, 3.63) is 34.1 Å². The van der Waals surface area contributed by atoms with Gasteiger partial charge in [0.05, 0.1) is 16.7 Å². The van der Waals surface area contributed by atoms with Gasteiger partial charge in [-0.1, -0.05) is 0 Å². The third-order valence-corrected chi connectivity index (χ3v) is 4.40. The van der Waals surface area contributed by atoms with Gasteiger partial charge in [0.2, 0.25) is 10.0 Å². The van der Waals surface area contributed by atoms with Crippen molar-refractivity contribution in [2.75, 3.05) is 23.7 Å². The van der Waals surface area contributed by atoms with E-state index < -0.39 is 20.8 Å². The normalized spacial score (nSPS) is 19.5. The zero-order valence-electron chi connectivity index (χ0n) is 11.2. The molecule has 1 aromatic rings. The lowest BCUT2D eigenvalue weighted by Crippen LogP contribution is -2.39. The van der Waals surface area contributed by atoms with Gasteiger partial charge >= 0.3 is 0 Å². The summed E-state index contributed by atoms with van der Waals surface area (Å²) in [6.45, 7) is 0.913. The number of anilines is 1. The van der Waals surface area contributed by atoms with Crippen LogP contribution in [-0.2, 0) is 10.0 Å². The Morgan fingerprint density at radius 2 is 2.19 bits per heavy atom. The topological polar surface area (TPSA) is 107 Å². The Kier molecular flexibility index (Phi) is 4.43. The van der Waals surface area contributed by atoms with Crippen molar-refractivity contribution in [3.63, 3.8) is 0 Å². The van der Waals surface area contributed by atoms with Crippen molar-refractivity contribution < 1.29 is 17.7 Å². The number of rotatable bonds is 4. The number of nitro benzene ring substituents is 1. The van der Waals surface area contributed by atoms with Gasteiger partial charge in [-0.05, 0) is 30.9 Å². The Morgan fingerprint density at radius 3 is 2.81 bits per heavy atom. The molecule has 0 unspecified atom stereocenters. The molecule has 1 saturated heterocycles. The smallest absolute Gasteiger partial charge is 0.295 e. The maximum Gasteiger partial charge on any atom is 0.295 e. The van der Waals surface area contributed by atoms with Crippen LogP contribution in [0.1, 0.15) is 12.8 Å². The fraction of sp³-hybridized carbons (Fsp3) is 0.500. The van der Waals surface area contributed by atoms with Gasteiger partial charge in [-0.15, -0.1) is 0 Å². The zero-order chi connectivity index (χ0) is 15.6. The number of sulfonamides is 1. The second-order valence-electron chi connectivity index (χ2n) is 5.17. The second kappa shape index (κ2) is 5.94. The Labute approximate surface area is 121 Å². The van der Waals surface area contributed by atoms with Crippen LogP contribution >= 0.6 is 0 Å². The van der Waals surface area contributed by atoms with Gasteiger partial charge in [0.15, 0.2) is 0 Å². The van der Waals surface area contributed by atoms with E-state index in [1.165, 1.54) is 6.07 Å². The van der Waals surface area contributed by atoms with Crippen LogP contribution in [0.15, 0.2) is 18.2 Å². The van der Waals surface area contributed by atoms with E-state index in [2.05, 4.69) is 0 Å². The number of benzene rings is 1. The molecule has 1 aromatic carbocycles. The third-order valence-electron chi connectivity index (χ3n) is 3.46. The van der Waals surface area contributed by atoms with Gasteiger partial charge in [-0.2, -0.15) is 0 Å². The van der Waals surface area contributed by atoms with Crippen molar-refractivity contribution in [2.45, 2.75) is 12.8 Å². The minimum Gasteiger partial charge on any atom is -0.366 e. The SMILES string of the molecule is NS(=O)(=O)C[C@@H]1CCCN(c2ccc(F)cc2[N+](=O)[O-])C1. The molecule has 1 aliphatic heterocycles. The predicted molar refractivity (Wildman–Crippen MR) is 76.0 cm³/mol. The maximum absolute atomic E-state index is 13.2. The second-order valence-corrected chi connectivity index (χ2v) is 6.83. The largest absolute Gasteiger partial charge is 0.366 e. The van der Waals surface area contributed by atoms with E-state index in [4.69, 9.17) is 5.14 Å². The van der Waals surface area contributed by atoms with Crippen LogP contribution in [0.25, 0.3) is 0 Å². The molecule has 0 saturated carbocycles. The van der Waals surface area contributed by atoms with E-state index in [0.29, 0.717) is 31.6 Å². The summed E-state index contributed by atoms with van der Waals surface area (Å²) in [6.07, 6.45) is 1.40. The fourth-order valence-corrected chi connectivity index (χ4v) is 3.59. The van der Waals surface area contributed by atoms with E-state index in [0.717, 1.165) is 12.1 Å². The Morgan fingerprint density at radius 1 is 1.48 bits per heavy atom. The van der Waals surface area contributed by atoms with Gasteiger partial charge in [-0.25, -0.2) is 17.9 Å². The van der Waals surface area contributed by atoms with E-state index in [1.54, 1.807) is 4.90 Å². The molecule has 0 radical (unpaired) electrons. The van der Waals surface area contributed by atoms with Gasteiger partial charge < -0.3 is 4.90 Å². The van der Waals surface area contributed by atoms with Crippen LogP contribution in [0.5, 0.6) is 0 Å². The number of piperidine rings is 1. The number of hydrogen-bond acceptors (Lipinski definition) is 5. The Hall–Kier alpha value is -1.74. The summed E-state index contributed by atoms with van der Waals surface area (Å²) in [5.41, 5.74) is -0.00762. The van der Waals surface area contributed by atoms with Crippen LogP contribution in [0.3, 0.4) is 0 Å². The van der Waals surface area contributed by atoms with E-state index in [9.17, 15) is 22.9 Å². The van der Waals surface area contributed by atoms with Gasteiger partial charge in [0.1, 0.15) is 11.5 Å². The summed E-state index contributed by atoms with van der Waals surface area (Å²) in [7, 11) is -3.58. The summed E-state index contributed by atoms with van der Waals surface area (Å²) >= 11 is 0.